The van der Waals surface area contributed by atoms with E-state index in [-0.39, 0.29) is 5.91 Å². The summed E-state index contributed by atoms with van der Waals surface area (Å²) in [5, 5.41) is 4.77. The predicted octanol–water partition coefficient (Wildman–Crippen LogP) is 6.12. The lowest BCUT2D eigenvalue weighted by molar-refractivity contribution is 0.0955. The molecule has 0 atom stereocenters. The fraction of sp³-hybridized carbons (Fsp3) is 0.0909. The highest BCUT2D eigenvalue weighted by molar-refractivity contribution is 7.98. The van der Waals surface area contributed by atoms with E-state index in [0.29, 0.717) is 5.56 Å². The van der Waals surface area contributed by atoms with Crippen molar-refractivity contribution in [2.45, 2.75) is 15.5 Å². The average molecular weight is 427 g/mol. The first-order valence-corrected chi connectivity index (χ1v) is 11.2. The molecule has 0 saturated carbocycles. The highest BCUT2D eigenvalue weighted by atomic mass is 35.5. The van der Waals surface area contributed by atoms with E-state index in [1.54, 1.807) is 29.7 Å². The van der Waals surface area contributed by atoms with Gasteiger partial charge >= 0.3 is 0 Å². The molecule has 0 heterocycles. The Bertz CT molecular complexity index is 940. The fourth-order valence-corrected chi connectivity index (χ4v) is 3.76. The third-order valence-corrected chi connectivity index (χ3v) is 6.01. The number of carbonyl (C=O) groups excluding carboxylic acids is 1. The summed E-state index contributed by atoms with van der Waals surface area (Å²) in [6.07, 6.45) is 3.67. The zero-order valence-electron chi connectivity index (χ0n) is 15.3. The monoisotopic (exact) mass is 426 g/mol. The number of nitrogens with zero attached hydrogens (tertiary/aromatic N) is 1. The molecule has 0 aliphatic heterocycles. The maximum Gasteiger partial charge on any atom is 0.271 e. The predicted molar refractivity (Wildman–Crippen MR) is 121 cm³/mol. The van der Waals surface area contributed by atoms with Crippen molar-refractivity contribution in [3.63, 3.8) is 0 Å². The maximum absolute atomic E-state index is 12.2. The summed E-state index contributed by atoms with van der Waals surface area (Å²) in [5.74, 6) is 0.599. The molecule has 6 heteroatoms. The topological polar surface area (TPSA) is 41.5 Å². The molecule has 0 bridgehead atoms. The molecule has 3 nitrogen and oxygen atoms in total. The van der Waals surface area contributed by atoms with Gasteiger partial charge in [0.05, 0.1) is 6.21 Å². The Hall–Kier alpha value is -2.21. The minimum Gasteiger partial charge on any atom is -0.267 e. The van der Waals surface area contributed by atoms with Crippen LogP contribution in [0.5, 0.6) is 0 Å². The van der Waals surface area contributed by atoms with Crippen LogP contribution in [-0.4, -0.2) is 18.4 Å². The number of hydrogen-bond donors (Lipinski definition) is 1. The molecule has 0 spiro atoms. The molecule has 142 valence electrons. The van der Waals surface area contributed by atoms with Gasteiger partial charge in [-0.25, -0.2) is 5.43 Å². The largest absolute Gasteiger partial charge is 0.271 e. The van der Waals surface area contributed by atoms with E-state index in [0.717, 1.165) is 26.8 Å². The standard InChI is InChI=1S/C22H19ClN2OS2/c1-27-20-10-4-16(5-11-20)14-24-25-22(26)18-6-2-17(3-7-18)15-28-21-12-8-19(23)9-13-21/h2-14H,15H2,1H3,(H,25,26)/b24-14+. The van der Waals surface area contributed by atoms with E-state index in [1.165, 1.54) is 4.90 Å². The van der Waals surface area contributed by atoms with Gasteiger partial charge in [-0.05, 0) is 65.9 Å². The first-order chi connectivity index (χ1) is 13.6. The first-order valence-electron chi connectivity index (χ1n) is 8.59. The number of carbonyl (C=O) groups is 1. The van der Waals surface area contributed by atoms with Crippen LogP contribution in [0, 0.1) is 0 Å². The number of hydrogen-bond acceptors (Lipinski definition) is 4. The van der Waals surface area contributed by atoms with E-state index in [1.807, 2.05) is 79.1 Å². The minimum absolute atomic E-state index is 0.228. The van der Waals surface area contributed by atoms with Crippen LogP contribution in [0.1, 0.15) is 21.5 Å². The zero-order valence-corrected chi connectivity index (χ0v) is 17.7. The van der Waals surface area contributed by atoms with Gasteiger partial charge in [-0.3, -0.25) is 4.79 Å². The Morgan fingerprint density at radius 2 is 1.61 bits per heavy atom. The SMILES string of the molecule is CSc1ccc(/C=N/NC(=O)c2ccc(CSc3ccc(Cl)cc3)cc2)cc1. The van der Waals surface area contributed by atoms with Crippen LogP contribution in [0.3, 0.4) is 0 Å². The average Bonchev–Trinajstić information content (AvgIpc) is 2.74. The molecule has 28 heavy (non-hydrogen) atoms. The van der Waals surface area contributed by atoms with Crippen LogP contribution < -0.4 is 5.43 Å². The molecule has 0 unspecified atom stereocenters. The molecule has 0 aromatic heterocycles. The van der Waals surface area contributed by atoms with Gasteiger partial charge in [-0.15, -0.1) is 23.5 Å². The summed E-state index contributed by atoms with van der Waals surface area (Å²) in [6.45, 7) is 0. The van der Waals surface area contributed by atoms with E-state index < -0.39 is 0 Å². The zero-order chi connectivity index (χ0) is 19.8. The molecule has 0 saturated heterocycles. The number of halogens is 1. The lowest BCUT2D eigenvalue weighted by Gasteiger charge is -2.04. The minimum atomic E-state index is -0.228. The summed E-state index contributed by atoms with van der Waals surface area (Å²) in [6, 6.07) is 23.3. The molecular weight excluding hydrogens is 408 g/mol. The maximum atomic E-state index is 12.2. The summed E-state index contributed by atoms with van der Waals surface area (Å²) < 4.78 is 0. The summed E-state index contributed by atoms with van der Waals surface area (Å²) in [5.41, 5.74) is 5.23. The van der Waals surface area contributed by atoms with Crippen molar-refractivity contribution in [1.82, 2.24) is 5.43 Å². The Morgan fingerprint density at radius 1 is 0.964 bits per heavy atom. The van der Waals surface area contributed by atoms with Crippen LogP contribution in [0.4, 0.5) is 0 Å². The number of hydrazone groups is 1. The third kappa shape index (κ3) is 6.16. The van der Waals surface area contributed by atoms with Gasteiger partial charge in [-0.1, -0.05) is 35.9 Å². The van der Waals surface area contributed by atoms with Crippen LogP contribution >= 0.6 is 35.1 Å². The highest BCUT2D eigenvalue weighted by Gasteiger charge is 2.04. The Morgan fingerprint density at radius 3 is 2.25 bits per heavy atom. The molecule has 1 amide bonds. The molecule has 0 aliphatic rings. The van der Waals surface area contributed by atoms with Gasteiger partial charge in [0.15, 0.2) is 0 Å². The van der Waals surface area contributed by atoms with Crippen LogP contribution in [0.2, 0.25) is 5.02 Å². The van der Waals surface area contributed by atoms with E-state index in [2.05, 4.69) is 10.5 Å². The number of rotatable bonds is 7. The number of thioether (sulfide) groups is 2. The van der Waals surface area contributed by atoms with Crippen molar-refractivity contribution < 1.29 is 4.79 Å². The molecule has 3 aromatic carbocycles. The molecule has 0 radical (unpaired) electrons. The lowest BCUT2D eigenvalue weighted by atomic mass is 10.1. The van der Waals surface area contributed by atoms with Gasteiger partial charge in [0, 0.05) is 26.1 Å². The number of amides is 1. The molecule has 1 N–H and O–H groups in total. The van der Waals surface area contributed by atoms with E-state index >= 15 is 0 Å². The van der Waals surface area contributed by atoms with Gasteiger partial charge in [0.2, 0.25) is 0 Å². The second kappa shape index (κ2) is 10.4. The highest BCUT2D eigenvalue weighted by Crippen LogP contribution is 2.24. The first kappa shape index (κ1) is 20.5. The smallest absolute Gasteiger partial charge is 0.267 e. The van der Waals surface area contributed by atoms with Crippen molar-refractivity contribution in [1.29, 1.82) is 0 Å². The summed E-state index contributed by atoms with van der Waals surface area (Å²) >= 11 is 9.31. The number of benzene rings is 3. The molecule has 0 aliphatic carbocycles. The quantitative estimate of drug-likeness (QED) is 0.281. The Kier molecular flexibility index (Phi) is 7.60. The van der Waals surface area contributed by atoms with Crippen molar-refractivity contribution in [3.8, 4) is 0 Å². The van der Waals surface area contributed by atoms with E-state index in [4.69, 9.17) is 11.6 Å². The third-order valence-electron chi connectivity index (χ3n) is 3.93. The second-order valence-corrected chi connectivity index (χ2v) is 8.28. The fourth-order valence-electron chi connectivity index (χ4n) is 2.37. The number of nitrogens with one attached hydrogen (secondary N) is 1. The molecule has 0 fully saturated rings. The van der Waals surface area contributed by atoms with Crippen molar-refractivity contribution in [3.05, 3.63) is 94.5 Å². The van der Waals surface area contributed by atoms with Crippen LogP contribution in [0.15, 0.2) is 87.7 Å². The summed E-state index contributed by atoms with van der Waals surface area (Å²) in [4.78, 5) is 14.6. The van der Waals surface area contributed by atoms with Crippen LogP contribution in [0.25, 0.3) is 0 Å². The van der Waals surface area contributed by atoms with Crippen LogP contribution in [-0.2, 0) is 5.75 Å². The van der Waals surface area contributed by atoms with Crippen molar-refractivity contribution in [2.75, 3.05) is 6.26 Å². The summed E-state index contributed by atoms with van der Waals surface area (Å²) in [7, 11) is 0. The molecule has 3 rings (SSSR count). The van der Waals surface area contributed by atoms with Gasteiger partial charge < -0.3 is 0 Å². The Balaban J connectivity index is 1.51. The van der Waals surface area contributed by atoms with Gasteiger partial charge in [0.25, 0.3) is 5.91 Å². The molecule has 3 aromatic rings. The molecular formula is C22H19ClN2OS2. The Labute approximate surface area is 178 Å². The van der Waals surface area contributed by atoms with Crippen molar-refractivity contribution >= 4 is 47.2 Å². The van der Waals surface area contributed by atoms with Crippen molar-refractivity contribution in [2.24, 2.45) is 5.10 Å². The van der Waals surface area contributed by atoms with E-state index in [9.17, 15) is 4.79 Å². The normalized spacial score (nSPS) is 10.9. The second-order valence-electron chi connectivity index (χ2n) is 5.91. The lowest BCUT2D eigenvalue weighted by Crippen LogP contribution is -2.17. The van der Waals surface area contributed by atoms with Gasteiger partial charge in [0.1, 0.15) is 0 Å². The van der Waals surface area contributed by atoms with Gasteiger partial charge in [-0.2, -0.15) is 5.10 Å².